The Morgan fingerprint density at radius 1 is 1.41 bits per heavy atom. The highest BCUT2D eigenvalue weighted by Gasteiger charge is 2.25. The third-order valence-corrected chi connectivity index (χ3v) is 4.36. The van der Waals surface area contributed by atoms with Crippen molar-refractivity contribution >= 4 is 50.8 Å². The SMILES string of the molecule is CC(C)(CO)ONC(=O)c1oc2ccncc2c1Nc1ccc(I)cc1F. The smallest absolute Gasteiger partial charge is 0.312 e. The molecule has 1 amide bonds. The Labute approximate surface area is 168 Å². The molecule has 0 saturated heterocycles. The molecule has 0 atom stereocenters. The maximum absolute atomic E-state index is 14.3. The Hall–Kier alpha value is -2.24. The molecular formula is C18H17FIN3O4. The number of aliphatic hydroxyl groups excluding tert-OH is 1. The van der Waals surface area contributed by atoms with Crippen LogP contribution < -0.4 is 10.8 Å². The Bertz CT molecular complexity index is 990. The Morgan fingerprint density at radius 2 is 2.19 bits per heavy atom. The number of aromatic nitrogens is 1. The molecule has 0 aliphatic carbocycles. The van der Waals surface area contributed by atoms with E-state index in [-0.39, 0.29) is 23.7 Å². The van der Waals surface area contributed by atoms with Crippen LogP contribution in [0.2, 0.25) is 0 Å². The van der Waals surface area contributed by atoms with E-state index in [0.717, 1.165) is 3.57 Å². The van der Waals surface area contributed by atoms with Crippen molar-refractivity contribution in [3.05, 3.63) is 51.8 Å². The number of rotatable bonds is 6. The van der Waals surface area contributed by atoms with Gasteiger partial charge in [-0.05, 0) is 60.7 Å². The second-order valence-electron chi connectivity index (χ2n) is 6.38. The van der Waals surface area contributed by atoms with Crippen LogP contribution in [0.3, 0.4) is 0 Å². The van der Waals surface area contributed by atoms with Crippen LogP contribution >= 0.6 is 22.6 Å². The van der Waals surface area contributed by atoms with Gasteiger partial charge in [-0.25, -0.2) is 9.87 Å². The van der Waals surface area contributed by atoms with Crippen LogP contribution in [0.25, 0.3) is 11.0 Å². The van der Waals surface area contributed by atoms with Crippen molar-refractivity contribution < 1.29 is 23.5 Å². The number of anilines is 2. The molecule has 0 spiro atoms. The van der Waals surface area contributed by atoms with Crippen LogP contribution in [0.5, 0.6) is 0 Å². The van der Waals surface area contributed by atoms with Crippen molar-refractivity contribution in [2.75, 3.05) is 11.9 Å². The van der Waals surface area contributed by atoms with Crippen molar-refractivity contribution in [3.63, 3.8) is 0 Å². The molecule has 0 radical (unpaired) electrons. The largest absolute Gasteiger partial charge is 0.448 e. The number of hydroxylamine groups is 1. The molecule has 3 N–H and O–H groups in total. The lowest BCUT2D eigenvalue weighted by molar-refractivity contribution is -0.0961. The minimum Gasteiger partial charge on any atom is -0.448 e. The van der Waals surface area contributed by atoms with Crippen molar-refractivity contribution in [1.82, 2.24) is 10.5 Å². The zero-order chi connectivity index (χ0) is 19.6. The molecule has 0 saturated carbocycles. The van der Waals surface area contributed by atoms with E-state index in [0.29, 0.717) is 11.0 Å². The van der Waals surface area contributed by atoms with Gasteiger partial charge in [0.25, 0.3) is 0 Å². The van der Waals surface area contributed by atoms with Crippen molar-refractivity contribution in [2.24, 2.45) is 0 Å². The molecule has 0 unspecified atom stereocenters. The van der Waals surface area contributed by atoms with Gasteiger partial charge in [-0.15, -0.1) is 0 Å². The highest BCUT2D eigenvalue weighted by molar-refractivity contribution is 14.1. The highest BCUT2D eigenvalue weighted by atomic mass is 127. The highest BCUT2D eigenvalue weighted by Crippen LogP contribution is 2.33. The van der Waals surface area contributed by atoms with Gasteiger partial charge in [-0.2, -0.15) is 0 Å². The summed E-state index contributed by atoms with van der Waals surface area (Å²) in [5.41, 5.74) is 2.14. The lowest BCUT2D eigenvalue weighted by atomic mass is 10.2. The molecule has 0 fully saturated rings. The van der Waals surface area contributed by atoms with E-state index < -0.39 is 17.3 Å². The first-order valence-electron chi connectivity index (χ1n) is 7.98. The quantitative estimate of drug-likeness (QED) is 0.364. The van der Waals surface area contributed by atoms with E-state index in [1.807, 2.05) is 22.6 Å². The van der Waals surface area contributed by atoms with Crippen LogP contribution in [-0.4, -0.2) is 28.2 Å². The number of hydrogen-bond acceptors (Lipinski definition) is 6. The topological polar surface area (TPSA) is 96.6 Å². The summed E-state index contributed by atoms with van der Waals surface area (Å²) in [4.78, 5) is 21.8. The summed E-state index contributed by atoms with van der Waals surface area (Å²) in [7, 11) is 0. The molecule has 7 nitrogen and oxygen atoms in total. The van der Waals surface area contributed by atoms with E-state index in [2.05, 4.69) is 15.8 Å². The maximum Gasteiger partial charge on any atom is 0.312 e. The molecule has 9 heteroatoms. The number of fused-ring (bicyclic) bond motifs is 1. The lowest BCUT2D eigenvalue weighted by Crippen LogP contribution is -2.38. The van der Waals surface area contributed by atoms with Crippen LogP contribution in [0.15, 0.2) is 41.1 Å². The monoisotopic (exact) mass is 485 g/mol. The van der Waals surface area contributed by atoms with Crippen LogP contribution in [0, 0.1) is 9.39 Å². The van der Waals surface area contributed by atoms with Gasteiger partial charge in [-0.3, -0.25) is 14.6 Å². The first-order valence-corrected chi connectivity index (χ1v) is 9.06. The molecule has 2 aromatic heterocycles. The molecule has 3 aromatic rings. The number of benzene rings is 1. The number of amides is 1. The number of furan rings is 1. The van der Waals surface area contributed by atoms with Gasteiger partial charge in [0, 0.05) is 16.0 Å². The van der Waals surface area contributed by atoms with Crippen LogP contribution in [0.1, 0.15) is 24.4 Å². The molecular weight excluding hydrogens is 468 g/mol. The lowest BCUT2D eigenvalue weighted by Gasteiger charge is -2.21. The number of carbonyl (C=O) groups excluding carboxylic acids is 1. The Balaban J connectivity index is 1.97. The fourth-order valence-corrected chi connectivity index (χ4v) is 2.67. The number of carbonyl (C=O) groups is 1. The summed E-state index contributed by atoms with van der Waals surface area (Å²) in [6.45, 7) is 2.92. The third-order valence-electron chi connectivity index (χ3n) is 3.69. The van der Waals surface area contributed by atoms with Gasteiger partial charge in [-0.1, -0.05) is 0 Å². The third kappa shape index (κ3) is 4.37. The summed E-state index contributed by atoms with van der Waals surface area (Å²) in [5.74, 6) is -1.24. The van der Waals surface area contributed by atoms with Gasteiger partial charge in [0.2, 0.25) is 5.76 Å². The van der Waals surface area contributed by atoms with Crippen LogP contribution in [0.4, 0.5) is 15.8 Å². The molecule has 0 aliphatic rings. The molecule has 3 rings (SSSR count). The summed E-state index contributed by atoms with van der Waals surface area (Å²) >= 11 is 2.01. The van der Waals surface area contributed by atoms with Gasteiger partial charge in [0.15, 0.2) is 0 Å². The Morgan fingerprint density at radius 3 is 2.89 bits per heavy atom. The Kier molecular flexibility index (Phi) is 5.63. The average molecular weight is 485 g/mol. The number of hydrogen-bond donors (Lipinski definition) is 3. The summed E-state index contributed by atoms with van der Waals surface area (Å²) < 4.78 is 20.6. The number of nitrogens with one attached hydrogen (secondary N) is 2. The number of pyridine rings is 1. The fourth-order valence-electron chi connectivity index (χ4n) is 2.21. The first kappa shape index (κ1) is 19.5. The summed E-state index contributed by atoms with van der Waals surface area (Å²) in [6.07, 6.45) is 3.04. The zero-order valence-electron chi connectivity index (χ0n) is 14.5. The maximum atomic E-state index is 14.3. The number of aliphatic hydroxyl groups is 1. The zero-order valence-corrected chi connectivity index (χ0v) is 16.7. The van der Waals surface area contributed by atoms with Crippen molar-refractivity contribution in [3.8, 4) is 0 Å². The van der Waals surface area contributed by atoms with Gasteiger partial charge in [0.1, 0.15) is 22.7 Å². The van der Waals surface area contributed by atoms with E-state index in [1.54, 1.807) is 32.0 Å². The van der Waals surface area contributed by atoms with Gasteiger partial charge in [0.05, 0.1) is 17.7 Å². The summed E-state index contributed by atoms with van der Waals surface area (Å²) in [5, 5.41) is 12.7. The second-order valence-corrected chi connectivity index (χ2v) is 7.62. The first-order chi connectivity index (χ1) is 12.8. The minimum atomic E-state index is -0.973. The van der Waals surface area contributed by atoms with Crippen LogP contribution in [-0.2, 0) is 4.84 Å². The average Bonchev–Trinajstić information content (AvgIpc) is 3.01. The second kappa shape index (κ2) is 7.79. The standard InChI is InChI=1S/C18H17FIN3O4/c1-18(2,9-24)27-23-17(25)16-15(11-8-21-6-5-14(11)26-16)22-13-4-3-10(20)7-12(13)19/h3-8,22,24H,9H2,1-2H3,(H,23,25). The van der Waals surface area contributed by atoms with Crippen molar-refractivity contribution in [1.29, 1.82) is 0 Å². The fraction of sp³-hybridized carbons (Fsp3) is 0.222. The number of nitrogens with zero attached hydrogens (tertiary/aromatic N) is 1. The molecule has 142 valence electrons. The predicted octanol–water partition coefficient (Wildman–Crippen LogP) is 3.75. The molecule has 0 aliphatic heterocycles. The normalized spacial score (nSPS) is 11.6. The molecule has 27 heavy (non-hydrogen) atoms. The van der Waals surface area contributed by atoms with Crippen molar-refractivity contribution in [2.45, 2.75) is 19.4 Å². The van der Waals surface area contributed by atoms with E-state index in [4.69, 9.17) is 9.25 Å². The molecule has 0 bridgehead atoms. The summed E-state index contributed by atoms with van der Waals surface area (Å²) in [6, 6.07) is 6.27. The number of halogens is 2. The van der Waals surface area contributed by atoms with Gasteiger partial charge < -0.3 is 14.8 Å². The predicted molar refractivity (Wildman–Crippen MR) is 106 cm³/mol. The van der Waals surface area contributed by atoms with Gasteiger partial charge >= 0.3 is 5.91 Å². The molecule has 2 heterocycles. The van der Waals surface area contributed by atoms with E-state index in [9.17, 15) is 14.3 Å². The molecule has 1 aromatic carbocycles. The van der Waals surface area contributed by atoms with E-state index >= 15 is 0 Å². The van der Waals surface area contributed by atoms with E-state index in [1.165, 1.54) is 18.5 Å². The minimum absolute atomic E-state index is 0.0929.